The molecule has 3 nitrogen and oxygen atoms in total. The Labute approximate surface area is 92.8 Å². The lowest BCUT2D eigenvalue weighted by atomic mass is 10.0. The van der Waals surface area contributed by atoms with Crippen molar-refractivity contribution < 1.29 is 5.11 Å². The number of nitrogens with one attached hydrogen (secondary N) is 1. The van der Waals surface area contributed by atoms with Crippen LogP contribution in [0.15, 0.2) is 0 Å². The molecule has 1 aliphatic heterocycles. The summed E-state index contributed by atoms with van der Waals surface area (Å²) in [6.45, 7) is 4.85. The molecule has 0 bridgehead atoms. The van der Waals surface area contributed by atoms with E-state index in [1.807, 2.05) is 0 Å². The highest BCUT2D eigenvalue weighted by Crippen LogP contribution is 2.26. The summed E-state index contributed by atoms with van der Waals surface area (Å²) in [5, 5.41) is 12.5. The third-order valence-corrected chi connectivity index (χ3v) is 3.97. The number of rotatable bonds is 3. The molecule has 2 atom stereocenters. The van der Waals surface area contributed by atoms with Gasteiger partial charge in [-0.3, -0.25) is 4.90 Å². The number of hydrogen-bond acceptors (Lipinski definition) is 3. The fraction of sp³-hybridized carbons (Fsp3) is 1.00. The predicted molar refractivity (Wildman–Crippen MR) is 61.9 cm³/mol. The van der Waals surface area contributed by atoms with Crippen molar-refractivity contribution in [2.24, 2.45) is 0 Å². The first-order chi connectivity index (χ1) is 7.31. The van der Waals surface area contributed by atoms with Crippen LogP contribution < -0.4 is 5.32 Å². The highest BCUT2D eigenvalue weighted by atomic mass is 16.3. The van der Waals surface area contributed by atoms with Gasteiger partial charge in [-0.2, -0.15) is 0 Å². The van der Waals surface area contributed by atoms with Crippen LogP contribution in [0.25, 0.3) is 0 Å². The second kappa shape index (κ2) is 5.28. The maximum atomic E-state index is 8.98. The zero-order valence-corrected chi connectivity index (χ0v) is 9.78. The van der Waals surface area contributed by atoms with Crippen LogP contribution in [0, 0.1) is 0 Å². The number of piperazine rings is 1. The molecular weight excluding hydrogens is 188 g/mol. The van der Waals surface area contributed by atoms with Crippen molar-refractivity contribution in [2.75, 3.05) is 19.7 Å². The van der Waals surface area contributed by atoms with Crippen molar-refractivity contribution in [3.8, 4) is 0 Å². The van der Waals surface area contributed by atoms with E-state index >= 15 is 0 Å². The van der Waals surface area contributed by atoms with Gasteiger partial charge in [-0.15, -0.1) is 0 Å². The summed E-state index contributed by atoms with van der Waals surface area (Å²) in [7, 11) is 0. The molecule has 0 aromatic rings. The summed E-state index contributed by atoms with van der Waals surface area (Å²) < 4.78 is 0. The molecule has 2 unspecified atom stereocenters. The lowest BCUT2D eigenvalue weighted by molar-refractivity contribution is 0.0845. The molecule has 0 radical (unpaired) electrons. The first-order valence-electron chi connectivity index (χ1n) is 6.41. The molecule has 3 heteroatoms. The van der Waals surface area contributed by atoms with E-state index in [2.05, 4.69) is 17.1 Å². The third-order valence-electron chi connectivity index (χ3n) is 3.97. The molecule has 0 aromatic heterocycles. The number of nitrogens with zero attached hydrogens (tertiary/aromatic N) is 1. The predicted octanol–water partition coefficient (Wildman–Crippen LogP) is 0.974. The van der Waals surface area contributed by atoms with Gasteiger partial charge in [0.05, 0.1) is 0 Å². The Morgan fingerprint density at radius 1 is 1.33 bits per heavy atom. The fourth-order valence-electron chi connectivity index (χ4n) is 3.05. The van der Waals surface area contributed by atoms with Crippen molar-refractivity contribution >= 4 is 0 Å². The van der Waals surface area contributed by atoms with Gasteiger partial charge in [-0.1, -0.05) is 12.8 Å². The molecule has 0 spiro atoms. The van der Waals surface area contributed by atoms with Gasteiger partial charge >= 0.3 is 0 Å². The molecule has 1 saturated heterocycles. The van der Waals surface area contributed by atoms with Gasteiger partial charge in [-0.25, -0.2) is 0 Å². The molecule has 2 N–H and O–H groups in total. The fourth-order valence-corrected chi connectivity index (χ4v) is 3.05. The van der Waals surface area contributed by atoms with Gasteiger partial charge in [-0.05, 0) is 26.2 Å². The van der Waals surface area contributed by atoms with Gasteiger partial charge in [0.15, 0.2) is 0 Å². The number of aliphatic hydroxyl groups is 1. The molecule has 0 aromatic carbocycles. The van der Waals surface area contributed by atoms with Crippen LogP contribution in [0.5, 0.6) is 0 Å². The number of hydrogen-bond donors (Lipinski definition) is 2. The van der Waals surface area contributed by atoms with E-state index in [1.54, 1.807) is 0 Å². The largest absolute Gasteiger partial charge is 0.396 e. The van der Waals surface area contributed by atoms with E-state index < -0.39 is 0 Å². The summed E-state index contributed by atoms with van der Waals surface area (Å²) in [4.78, 5) is 2.67. The summed E-state index contributed by atoms with van der Waals surface area (Å²) in [6.07, 6.45) is 6.49. The van der Waals surface area contributed by atoms with Gasteiger partial charge in [0, 0.05) is 37.8 Å². The first-order valence-corrected chi connectivity index (χ1v) is 6.41. The quantitative estimate of drug-likeness (QED) is 0.732. The Kier molecular flexibility index (Phi) is 4.00. The minimum absolute atomic E-state index is 0.310. The second-order valence-electron chi connectivity index (χ2n) is 5.10. The van der Waals surface area contributed by atoms with E-state index in [0.29, 0.717) is 18.7 Å². The minimum atomic E-state index is 0.310. The average Bonchev–Trinajstić information content (AvgIpc) is 2.74. The smallest absolute Gasteiger partial charge is 0.0446 e. The SMILES string of the molecule is CC1CNC(CCO)CN1C1CCCC1. The monoisotopic (exact) mass is 212 g/mol. The maximum Gasteiger partial charge on any atom is 0.0446 e. The Balaban J connectivity index is 1.89. The van der Waals surface area contributed by atoms with E-state index in [9.17, 15) is 0 Å². The number of aliphatic hydroxyl groups excluding tert-OH is 1. The van der Waals surface area contributed by atoms with Crippen molar-refractivity contribution in [1.29, 1.82) is 0 Å². The normalized spacial score (nSPS) is 34.8. The molecule has 88 valence electrons. The molecule has 15 heavy (non-hydrogen) atoms. The molecule has 0 amide bonds. The Morgan fingerprint density at radius 2 is 2.07 bits per heavy atom. The van der Waals surface area contributed by atoms with Crippen molar-refractivity contribution in [3.05, 3.63) is 0 Å². The van der Waals surface area contributed by atoms with Crippen LogP contribution in [-0.2, 0) is 0 Å². The second-order valence-corrected chi connectivity index (χ2v) is 5.10. The summed E-state index contributed by atoms with van der Waals surface area (Å²) in [6, 6.07) is 2.00. The molecule has 1 aliphatic carbocycles. The summed E-state index contributed by atoms with van der Waals surface area (Å²) >= 11 is 0. The van der Waals surface area contributed by atoms with Gasteiger partial charge in [0.25, 0.3) is 0 Å². The minimum Gasteiger partial charge on any atom is -0.396 e. The molecule has 1 saturated carbocycles. The van der Waals surface area contributed by atoms with Crippen molar-refractivity contribution in [2.45, 2.75) is 57.2 Å². The van der Waals surface area contributed by atoms with Crippen molar-refractivity contribution in [1.82, 2.24) is 10.2 Å². The first kappa shape index (κ1) is 11.4. The topological polar surface area (TPSA) is 35.5 Å². The van der Waals surface area contributed by atoms with Crippen LogP contribution in [0.4, 0.5) is 0 Å². The highest BCUT2D eigenvalue weighted by Gasteiger charge is 2.31. The van der Waals surface area contributed by atoms with Crippen LogP contribution in [0.1, 0.15) is 39.0 Å². The lowest BCUT2D eigenvalue weighted by Crippen LogP contribution is -2.58. The highest BCUT2D eigenvalue weighted by molar-refractivity contribution is 4.89. The Bertz CT molecular complexity index is 192. The zero-order valence-electron chi connectivity index (χ0n) is 9.78. The molecule has 2 fully saturated rings. The van der Waals surface area contributed by atoms with Crippen LogP contribution >= 0.6 is 0 Å². The van der Waals surface area contributed by atoms with Gasteiger partial charge in [0.1, 0.15) is 0 Å². The van der Waals surface area contributed by atoms with Crippen LogP contribution in [0.2, 0.25) is 0 Å². The Morgan fingerprint density at radius 3 is 2.73 bits per heavy atom. The summed E-state index contributed by atoms with van der Waals surface area (Å²) in [5.74, 6) is 0. The van der Waals surface area contributed by atoms with E-state index in [4.69, 9.17) is 5.11 Å². The Hall–Kier alpha value is -0.120. The molecule has 2 aliphatic rings. The van der Waals surface area contributed by atoms with Crippen molar-refractivity contribution in [3.63, 3.8) is 0 Å². The molecule has 1 heterocycles. The van der Waals surface area contributed by atoms with E-state index in [0.717, 1.165) is 25.6 Å². The van der Waals surface area contributed by atoms with Crippen LogP contribution in [0.3, 0.4) is 0 Å². The maximum absolute atomic E-state index is 8.98. The van der Waals surface area contributed by atoms with Crippen LogP contribution in [-0.4, -0.2) is 47.8 Å². The molecular formula is C12H24N2O. The van der Waals surface area contributed by atoms with Gasteiger partial charge < -0.3 is 10.4 Å². The van der Waals surface area contributed by atoms with E-state index in [-0.39, 0.29) is 0 Å². The zero-order chi connectivity index (χ0) is 10.7. The standard InChI is InChI=1S/C12H24N2O/c1-10-8-13-11(6-7-15)9-14(10)12-4-2-3-5-12/h10-13,15H,2-9H2,1H3. The van der Waals surface area contributed by atoms with Gasteiger partial charge in [0.2, 0.25) is 0 Å². The summed E-state index contributed by atoms with van der Waals surface area (Å²) in [5.41, 5.74) is 0. The molecule has 2 rings (SSSR count). The third kappa shape index (κ3) is 2.71. The lowest BCUT2D eigenvalue weighted by Gasteiger charge is -2.42. The average molecular weight is 212 g/mol. The van der Waals surface area contributed by atoms with E-state index in [1.165, 1.54) is 25.7 Å².